The molecule has 1 aliphatic rings. The number of benzene rings is 3. The van der Waals surface area contributed by atoms with Crippen molar-refractivity contribution in [2.24, 2.45) is 0 Å². The highest BCUT2D eigenvalue weighted by Gasteiger charge is 2.23. The first-order valence-corrected chi connectivity index (χ1v) is 11.4. The molecule has 30 heavy (non-hydrogen) atoms. The summed E-state index contributed by atoms with van der Waals surface area (Å²) >= 11 is 5.85. The molecule has 0 radical (unpaired) electrons. The van der Waals surface area contributed by atoms with E-state index in [0.717, 1.165) is 17.5 Å². The Hall–Kier alpha value is -2.83. The molecule has 0 bridgehead atoms. The minimum atomic E-state index is -3.79. The third kappa shape index (κ3) is 4.20. The van der Waals surface area contributed by atoms with Crippen LogP contribution >= 0.6 is 11.6 Å². The molecule has 4 rings (SSSR count). The molecule has 0 fully saturated rings. The molecule has 0 aliphatic carbocycles. The van der Waals surface area contributed by atoms with E-state index in [1.54, 1.807) is 30.0 Å². The average Bonchev–Trinajstić information content (AvgIpc) is 2.74. The molecule has 1 aliphatic heterocycles. The van der Waals surface area contributed by atoms with Gasteiger partial charge in [0, 0.05) is 23.7 Å². The van der Waals surface area contributed by atoms with E-state index in [0.29, 0.717) is 29.4 Å². The number of aryl methyl sites for hydroxylation is 1. The molecule has 3 aromatic carbocycles. The van der Waals surface area contributed by atoms with Crippen molar-refractivity contribution in [3.8, 4) is 0 Å². The molecule has 0 atom stereocenters. The predicted molar refractivity (Wildman–Crippen MR) is 118 cm³/mol. The maximum atomic E-state index is 13.1. The Bertz CT molecular complexity index is 1210. The predicted octanol–water partition coefficient (Wildman–Crippen LogP) is 4.65. The molecule has 5 nitrogen and oxygen atoms in total. The fourth-order valence-electron chi connectivity index (χ4n) is 3.53. The summed E-state index contributed by atoms with van der Waals surface area (Å²) in [6.45, 7) is 2.98. The van der Waals surface area contributed by atoms with Crippen LogP contribution in [-0.2, 0) is 23.0 Å². The molecule has 0 saturated carbocycles. The fourth-order valence-corrected chi connectivity index (χ4v) is 4.78. The lowest BCUT2D eigenvalue weighted by Gasteiger charge is -2.29. The van der Waals surface area contributed by atoms with E-state index >= 15 is 0 Å². The second-order valence-corrected chi connectivity index (χ2v) is 9.45. The Kier molecular flexibility index (Phi) is 5.54. The van der Waals surface area contributed by atoms with E-state index in [-0.39, 0.29) is 10.8 Å². The SMILES string of the molecule is Cc1ccc(C(=O)N2CCc3ccccc3C2)cc1NS(=O)(=O)c1ccc(Cl)cc1. The fraction of sp³-hybridized carbons (Fsp3) is 0.174. The summed E-state index contributed by atoms with van der Waals surface area (Å²) < 4.78 is 28.1. The summed E-state index contributed by atoms with van der Waals surface area (Å²) in [4.78, 5) is 15.0. The summed E-state index contributed by atoms with van der Waals surface area (Å²) in [6.07, 6.45) is 0.809. The van der Waals surface area contributed by atoms with Gasteiger partial charge in [-0.25, -0.2) is 8.42 Å². The highest BCUT2D eigenvalue weighted by molar-refractivity contribution is 7.92. The van der Waals surface area contributed by atoms with Crippen molar-refractivity contribution in [2.45, 2.75) is 24.8 Å². The summed E-state index contributed by atoms with van der Waals surface area (Å²) in [5, 5.41) is 0.459. The van der Waals surface area contributed by atoms with Gasteiger partial charge in [0.1, 0.15) is 0 Å². The van der Waals surface area contributed by atoms with E-state index in [1.807, 2.05) is 18.2 Å². The van der Waals surface area contributed by atoms with Crippen molar-refractivity contribution < 1.29 is 13.2 Å². The lowest BCUT2D eigenvalue weighted by atomic mass is 9.99. The van der Waals surface area contributed by atoms with Crippen LogP contribution in [0.4, 0.5) is 5.69 Å². The second kappa shape index (κ2) is 8.13. The summed E-state index contributed by atoms with van der Waals surface area (Å²) in [5.41, 5.74) is 3.98. The average molecular weight is 441 g/mol. The standard InChI is InChI=1S/C23H21ClN2O3S/c1-16-6-7-18(23(27)26-13-12-17-4-2-3-5-19(17)15-26)14-22(16)25-30(28,29)21-10-8-20(24)9-11-21/h2-11,14,25H,12-13,15H2,1H3. The number of carbonyl (C=O) groups excluding carboxylic acids is 1. The van der Waals surface area contributed by atoms with Crippen molar-refractivity contribution in [3.63, 3.8) is 0 Å². The van der Waals surface area contributed by atoms with Gasteiger partial charge in [-0.3, -0.25) is 9.52 Å². The van der Waals surface area contributed by atoms with E-state index in [2.05, 4.69) is 10.8 Å². The molecule has 3 aromatic rings. The van der Waals surface area contributed by atoms with Crippen molar-refractivity contribution >= 4 is 33.2 Å². The third-order valence-electron chi connectivity index (χ3n) is 5.27. The van der Waals surface area contributed by atoms with Crippen LogP contribution in [0.15, 0.2) is 71.6 Å². The quantitative estimate of drug-likeness (QED) is 0.642. The van der Waals surface area contributed by atoms with E-state index in [1.165, 1.54) is 29.8 Å². The number of fused-ring (bicyclic) bond motifs is 1. The maximum Gasteiger partial charge on any atom is 0.261 e. The van der Waals surface area contributed by atoms with Gasteiger partial charge in [-0.1, -0.05) is 41.9 Å². The minimum absolute atomic E-state index is 0.107. The highest BCUT2D eigenvalue weighted by atomic mass is 35.5. The van der Waals surface area contributed by atoms with Gasteiger partial charge in [-0.2, -0.15) is 0 Å². The number of halogens is 1. The number of sulfonamides is 1. The molecule has 0 spiro atoms. The molecule has 0 saturated heterocycles. The topological polar surface area (TPSA) is 66.5 Å². The van der Waals surface area contributed by atoms with E-state index in [9.17, 15) is 13.2 Å². The Morgan fingerprint density at radius 3 is 2.43 bits per heavy atom. The van der Waals surface area contributed by atoms with Crippen molar-refractivity contribution in [3.05, 3.63) is 94.0 Å². The molecule has 1 N–H and O–H groups in total. The lowest BCUT2D eigenvalue weighted by Crippen LogP contribution is -2.36. The normalized spacial score (nSPS) is 13.6. The lowest BCUT2D eigenvalue weighted by molar-refractivity contribution is 0.0734. The van der Waals surface area contributed by atoms with Gasteiger partial charge in [0.2, 0.25) is 0 Å². The Labute approximate surface area is 181 Å². The first-order valence-electron chi connectivity index (χ1n) is 9.58. The van der Waals surface area contributed by atoms with Gasteiger partial charge in [-0.15, -0.1) is 0 Å². The number of anilines is 1. The van der Waals surface area contributed by atoms with Gasteiger partial charge < -0.3 is 4.90 Å². The molecule has 1 amide bonds. The van der Waals surface area contributed by atoms with Crippen LogP contribution in [-0.4, -0.2) is 25.8 Å². The third-order valence-corrected chi connectivity index (χ3v) is 6.90. The molecule has 7 heteroatoms. The van der Waals surface area contributed by atoms with Crippen LogP contribution in [0.3, 0.4) is 0 Å². The Morgan fingerprint density at radius 1 is 1.00 bits per heavy atom. The number of carbonyl (C=O) groups is 1. The monoisotopic (exact) mass is 440 g/mol. The molecule has 1 heterocycles. The minimum Gasteiger partial charge on any atom is -0.334 e. The van der Waals surface area contributed by atoms with E-state index in [4.69, 9.17) is 11.6 Å². The maximum absolute atomic E-state index is 13.1. The zero-order valence-corrected chi connectivity index (χ0v) is 18.0. The van der Waals surface area contributed by atoms with Crippen LogP contribution in [0.25, 0.3) is 0 Å². The van der Waals surface area contributed by atoms with Gasteiger partial charge in [-0.05, 0) is 66.4 Å². The zero-order valence-electron chi connectivity index (χ0n) is 16.4. The van der Waals surface area contributed by atoms with Gasteiger partial charge in [0.05, 0.1) is 10.6 Å². The number of hydrogen-bond donors (Lipinski definition) is 1. The molecular weight excluding hydrogens is 420 g/mol. The Morgan fingerprint density at radius 2 is 1.70 bits per heavy atom. The second-order valence-electron chi connectivity index (χ2n) is 7.33. The van der Waals surface area contributed by atoms with E-state index < -0.39 is 10.0 Å². The number of amides is 1. The summed E-state index contributed by atoms with van der Waals surface area (Å²) in [6, 6.07) is 19.1. The van der Waals surface area contributed by atoms with Crippen LogP contribution in [0.2, 0.25) is 5.02 Å². The Balaban J connectivity index is 1.57. The summed E-state index contributed by atoms with van der Waals surface area (Å²) in [5.74, 6) is -0.114. The van der Waals surface area contributed by atoms with Crippen LogP contribution < -0.4 is 4.72 Å². The molecule has 0 unspecified atom stereocenters. The first-order chi connectivity index (χ1) is 14.3. The van der Waals surface area contributed by atoms with Gasteiger partial charge >= 0.3 is 0 Å². The largest absolute Gasteiger partial charge is 0.334 e. The molecular formula is C23H21ClN2O3S. The van der Waals surface area contributed by atoms with Crippen molar-refractivity contribution in [2.75, 3.05) is 11.3 Å². The van der Waals surface area contributed by atoms with Crippen molar-refractivity contribution in [1.29, 1.82) is 0 Å². The van der Waals surface area contributed by atoms with Crippen LogP contribution in [0, 0.1) is 6.92 Å². The molecule has 154 valence electrons. The highest BCUT2D eigenvalue weighted by Crippen LogP contribution is 2.25. The smallest absolute Gasteiger partial charge is 0.261 e. The van der Waals surface area contributed by atoms with Gasteiger partial charge in [0.25, 0.3) is 15.9 Å². The first kappa shape index (κ1) is 20.4. The van der Waals surface area contributed by atoms with Crippen LogP contribution in [0.1, 0.15) is 27.0 Å². The molecule has 0 aromatic heterocycles. The number of rotatable bonds is 4. The number of hydrogen-bond acceptors (Lipinski definition) is 3. The van der Waals surface area contributed by atoms with Crippen molar-refractivity contribution in [1.82, 2.24) is 4.90 Å². The number of nitrogens with one attached hydrogen (secondary N) is 1. The van der Waals surface area contributed by atoms with Gasteiger partial charge in [0.15, 0.2) is 0 Å². The summed E-state index contributed by atoms with van der Waals surface area (Å²) in [7, 11) is -3.79. The zero-order chi connectivity index (χ0) is 21.3. The number of nitrogens with zero attached hydrogens (tertiary/aromatic N) is 1. The van der Waals surface area contributed by atoms with Crippen LogP contribution in [0.5, 0.6) is 0 Å².